The van der Waals surface area contributed by atoms with Crippen LogP contribution in [0, 0.1) is 10.1 Å². The fraction of sp³-hybridized carbons (Fsp3) is 0.538. The van der Waals surface area contributed by atoms with Crippen molar-refractivity contribution in [1.82, 2.24) is 10.2 Å². The number of ether oxygens (including phenoxy) is 1. The number of non-ortho nitro benzene ring substituents is 1. The predicted octanol–water partition coefficient (Wildman–Crippen LogP) is 1.19. The van der Waals surface area contributed by atoms with Crippen molar-refractivity contribution in [3.05, 3.63) is 39.9 Å². The minimum absolute atomic E-state index is 0.0604. The molecule has 0 aromatic heterocycles. The first-order valence-electron chi connectivity index (χ1n) is 6.34. The Hall–Kier alpha value is -1.50. The number of hydrogen-bond acceptors (Lipinski definition) is 5. The van der Waals surface area contributed by atoms with E-state index in [0.29, 0.717) is 6.61 Å². The van der Waals surface area contributed by atoms with Gasteiger partial charge in [0.05, 0.1) is 23.7 Å². The van der Waals surface area contributed by atoms with Crippen LogP contribution in [0.15, 0.2) is 24.3 Å². The number of morpholine rings is 1. The van der Waals surface area contributed by atoms with E-state index < -0.39 is 0 Å². The molecule has 0 aliphatic carbocycles. The van der Waals surface area contributed by atoms with Crippen LogP contribution in [0.1, 0.15) is 11.6 Å². The summed E-state index contributed by atoms with van der Waals surface area (Å²) in [6, 6.07) is 6.86. The molecule has 2 rings (SSSR count). The summed E-state index contributed by atoms with van der Waals surface area (Å²) in [4.78, 5) is 12.5. The van der Waals surface area contributed by atoms with Crippen molar-refractivity contribution >= 4 is 5.69 Å². The molecule has 6 heteroatoms. The molecular formula is C13H19N3O3. The summed E-state index contributed by atoms with van der Waals surface area (Å²) in [5.41, 5.74) is 1.17. The zero-order chi connectivity index (χ0) is 13.8. The Kier molecular flexibility index (Phi) is 4.47. The van der Waals surface area contributed by atoms with Crippen LogP contribution in [-0.4, -0.2) is 49.7 Å². The number of nitrogens with zero attached hydrogens (tertiary/aromatic N) is 2. The predicted molar refractivity (Wildman–Crippen MR) is 72.1 cm³/mol. The SMILES string of the molecule is CNCC1OCCN(C)C1c1ccc([N+](=O)[O-])cc1. The summed E-state index contributed by atoms with van der Waals surface area (Å²) in [5.74, 6) is 0. The first kappa shape index (κ1) is 13.9. The molecule has 19 heavy (non-hydrogen) atoms. The van der Waals surface area contributed by atoms with Crippen LogP contribution in [0.2, 0.25) is 0 Å². The van der Waals surface area contributed by atoms with Gasteiger partial charge in [0, 0.05) is 25.2 Å². The molecule has 0 spiro atoms. The molecule has 0 radical (unpaired) electrons. The molecule has 1 aliphatic heterocycles. The maximum atomic E-state index is 10.7. The van der Waals surface area contributed by atoms with Gasteiger partial charge in [-0.1, -0.05) is 12.1 Å². The van der Waals surface area contributed by atoms with Crippen LogP contribution in [0.25, 0.3) is 0 Å². The number of nitro groups is 1. The zero-order valence-corrected chi connectivity index (χ0v) is 11.2. The zero-order valence-electron chi connectivity index (χ0n) is 11.2. The second-order valence-corrected chi connectivity index (χ2v) is 4.74. The van der Waals surface area contributed by atoms with Crippen LogP contribution in [0.4, 0.5) is 5.69 Å². The lowest BCUT2D eigenvalue weighted by Crippen LogP contribution is -2.46. The molecule has 104 valence electrons. The summed E-state index contributed by atoms with van der Waals surface area (Å²) in [6.07, 6.45) is 0.0604. The average Bonchev–Trinajstić information content (AvgIpc) is 2.39. The van der Waals surface area contributed by atoms with Crippen molar-refractivity contribution < 1.29 is 9.66 Å². The molecule has 1 saturated heterocycles. The van der Waals surface area contributed by atoms with Gasteiger partial charge < -0.3 is 10.1 Å². The number of nitro benzene ring substituents is 1. The van der Waals surface area contributed by atoms with Gasteiger partial charge in [0.15, 0.2) is 0 Å². The van der Waals surface area contributed by atoms with E-state index >= 15 is 0 Å². The average molecular weight is 265 g/mol. The maximum absolute atomic E-state index is 10.7. The van der Waals surface area contributed by atoms with E-state index in [4.69, 9.17) is 4.74 Å². The van der Waals surface area contributed by atoms with Crippen molar-refractivity contribution in [2.75, 3.05) is 33.8 Å². The Balaban J connectivity index is 2.22. The quantitative estimate of drug-likeness (QED) is 0.654. The molecule has 0 saturated carbocycles. The van der Waals surface area contributed by atoms with Gasteiger partial charge in [0.1, 0.15) is 0 Å². The molecule has 0 bridgehead atoms. The van der Waals surface area contributed by atoms with E-state index in [1.165, 1.54) is 0 Å². The lowest BCUT2D eigenvalue weighted by Gasteiger charge is -2.39. The first-order valence-corrected chi connectivity index (χ1v) is 6.34. The molecule has 1 aromatic rings. The molecule has 1 aliphatic rings. The highest BCUT2D eigenvalue weighted by Crippen LogP contribution is 2.29. The van der Waals surface area contributed by atoms with Crippen molar-refractivity contribution in [1.29, 1.82) is 0 Å². The van der Waals surface area contributed by atoms with Gasteiger partial charge in [-0.05, 0) is 19.7 Å². The highest BCUT2D eigenvalue weighted by molar-refractivity contribution is 5.34. The third kappa shape index (κ3) is 3.09. The Morgan fingerprint density at radius 1 is 1.47 bits per heavy atom. The Bertz CT molecular complexity index is 433. The van der Waals surface area contributed by atoms with Crippen LogP contribution in [0.3, 0.4) is 0 Å². The molecule has 2 unspecified atom stereocenters. The van der Waals surface area contributed by atoms with Gasteiger partial charge in [-0.3, -0.25) is 15.0 Å². The standard InChI is InChI=1S/C13H19N3O3/c1-14-9-12-13(15(2)7-8-19-12)10-3-5-11(6-4-10)16(17)18/h3-6,12-14H,7-9H2,1-2H3. The number of rotatable bonds is 4. The van der Waals surface area contributed by atoms with Gasteiger partial charge in [0.2, 0.25) is 0 Å². The summed E-state index contributed by atoms with van der Waals surface area (Å²) < 4.78 is 5.80. The Morgan fingerprint density at radius 3 is 2.74 bits per heavy atom. The van der Waals surface area contributed by atoms with Crippen molar-refractivity contribution in [2.45, 2.75) is 12.1 Å². The minimum Gasteiger partial charge on any atom is -0.374 e. The maximum Gasteiger partial charge on any atom is 0.269 e. The molecule has 2 atom stereocenters. The van der Waals surface area contributed by atoms with E-state index in [0.717, 1.165) is 18.7 Å². The van der Waals surface area contributed by atoms with Gasteiger partial charge in [-0.2, -0.15) is 0 Å². The number of nitrogens with one attached hydrogen (secondary N) is 1. The second kappa shape index (κ2) is 6.10. The molecule has 6 nitrogen and oxygen atoms in total. The topological polar surface area (TPSA) is 67.6 Å². The van der Waals surface area contributed by atoms with Crippen LogP contribution in [0.5, 0.6) is 0 Å². The molecule has 1 fully saturated rings. The van der Waals surface area contributed by atoms with Crippen molar-refractivity contribution in [3.63, 3.8) is 0 Å². The molecule has 1 aromatic carbocycles. The van der Waals surface area contributed by atoms with Crippen LogP contribution in [-0.2, 0) is 4.74 Å². The number of hydrogen-bond donors (Lipinski definition) is 1. The van der Waals surface area contributed by atoms with Gasteiger partial charge in [-0.15, -0.1) is 0 Å². The van der Waals surface area contributed by atoms with E-state index in [1.54, 1.807) is 12.1 Å². The Morgan fingerprint density at radius 2 is 2.16 bits per heavy atom. The van der Waals surface area contributed by atoms with Crippen LogP contribution >= 0.6 is 0 Å². The minimum atomic E-state index is -0.379. The summed E-state index contributed by atoms with van der Waals surface area (Å²) in [5, 5.41) is 13.8. The molecule has 0 amide bonds. The first-order chi connectivity index (χ1) is 9.13. The molecular weight excluding hydrogens is 246 g/mol. The van der Waals surface area contributed by atoms with Gasteiger partial charge in [0.25, 0.3) is 5.69 Å². The smallest absolute Gasteiger partial charge is 0.269 e. The fourth-order valence-electron chi connectivity index (χ4n) is 2.50. The monoisotopic (exact) mass is 265 g/mol. The largest absolute Gasteiger partial charge is 0.374 e. The molecule has 1 N–H and O–H groups in total. The van der Waals surface area contributed by atoms with Crippen molar-refractivity contribution in [3.8, 4) is 0 Å². The number of likely N-dealkylation sites (N-methyl/N-ethyl adjacent to an activating group) is 2. The van der Waals surface area contributed by atoms with E-state index in [9.17, 15) is 10.1 Å². The summed E-state index contributed by atoms with van der Waals surface area (Å²) >= 11 is 0. The number of benzene rings is 1. The molecule has 1 heterocycles. The van der Waals surface area contributed by atoms with Crippen LogP contribution < -0.4 is 5.32 Å². The second-order valence-electron chi connectivity index (χ2n) is 4.74. The Labute approximate surface area is 112 Å². The van der Waals surface area contributed by atoms with Crippen molar-refractivity contribution in [2.24, 2.45) is 0 Å². The lowest BCUT2D eigenvalue weighted by atomic mass is 9.98. The third-order valence-electron chi connectivity index (χ3n) is 3.45. The fourth-order valence-corrected chi connectivity index (χ4v) is 2.50. The van der Waals surface area contributed by atoms with E-state index in [2.05, 4.69) is 17.3 Å². The third-order valence-corrected chi connectivity index (χ3v) is 3.45. The van der Waals surface area contributed by atoms with E-state index in [1.807, 2.05) is 19.2 Å². The highest BCUT2D eigenvalue weighted by Gasteiger charge is 2.31. The normalized spacial score (nSPS) is 24.3. The highest BCUT2D eigenvalue weighted by atomic mass is 16.6. The summed E-state index contributed by atoms with van der Waals surface area (Å²) in [6.45, 7) is 2.33. The lowest BCUT2D eigenvalue weighted by molar-refractivity contribution is -0.384. The summed E-state index contributed by atoms with van der Waals surface area (Å²) in [7, 11) is 3.95. The van der Waals surface area contributed by atoms with Gasteiger partial charge in [-0.25, -0.2) is 0 Å². The van der Waals surface area contributed by atoms with E-state index in [-0.39, 0.29) is 22.8 Å². The van der Waals surface area contributed by atoms with Gasteiger partial charge >= 0.3 is 0 Å².